The molecule has 0 saturated carbocycles. The van der Waals surface area contributed by atoms with E-state index in [1.54, 1.807) is 0 Å². The third-order valence-corrected chi connectivity index (χ3v) is 8.63. The second-order valence-electron chi connectivity index (χ2n) is 15.7. The molecule has 36 heavy (non-hydrogen) atoms. The minimum Gasteiger partial charge on any atom is -0.348 e. The number of ether oxygens (including phenoxy) is 4. The molecule has 0 aromatic carbocycles. The van der Waals surface area contributed by atoms with Crippen molar-refractivity contribution in [1.29, 1.82) is 0 Å². The lowest BCUT2D eigenvalue weighted by atomic mass is 9.77. The SMILES string of the molecule is CC(C)N1CC2(CC1C(C)(C)CC1COC3(CN(C(C)(C)C)N(C(C)(C)C)C3)O1)OCC(C)(C)CO2. The molecule has 0 radical (unpaired) electrons. The van der Waals surface area contributed by atoms with Gasteiger partial charge in [-0.05, 0) is 67.2 Å². The van der Waals surface area contributed by atoms with Crippen molar-refractivity contribution in [2.75, 3.05) is 39.5 Å². The number of hydrogen-bond donors (Lipinski definition) is 0. The predicted molar refractivity (Wildman–Crippen MR) is 144 cm³/mol. The monoisotopic (exact) mass is 509 g/mol. The number of rotatable bonds is 4. The normalized spacial score (nSPS) is 31.9. The molecule has 0 N–H and O–H groups in total. The summed E-state index contributed by atoms with van der Waals surface area (Å²) in [5.74, 6) is -1.04. The lowest BCUT2D eigenvalue weighted by Crippen LogP contribution is -2.55. The molecule has 4 heterocycles. The van der Waals surface area contributed by atoms with Crippen LogP contribution in [-0.2, 0) is 18.9 Å². The first-order chi connectivity index (χ1) is 16.3. The molecule has 4 aliphatic heterocycles. The Morgan fingerprint density at radius 3 is 1.78 bits per heavy atom. The van der Waals surface area contributed by atoms with Gasteiger partial charge in [0.25, 0.3) is 0 Å². The van der Waals surface area contributed by atoms with E-state index in [0.717, 1.165) is 45.7 Å². The Morgan fingerprint density at radius 2 is 1.31 bits per heavy atom. The van der Waals surface area contributed by atoms with Gasteiger partial charge in [0, 0.05) is 35.0 Å². The van der Waals surface area contributed by atoms with E-state index in [-0.39, 0.29) is 28.0 Å². The van der Waals surface area contributed by atoms with Crippen LogP contribution in [0.25, 0.3) is 0 Å². The number of hydrogen-bond acceptors (Lipinski definition) is 7. The zero-order valence-electron chi connectivity index (χ0n) is 25.4. The molecule has 7 heteroatoms. The molecule has 4 aliphatic rings. The molecule has 7 nitrogen and oxygen atoms in total. The summed E-state index contributed by atoms with van der Waals surface area (Å²) in [6.45, 7) is 32.0. The maximum Gasteiger partial charge on any atom is 0.197 e. The highest BCUT2D eigenvalue weighted by molar-refractivity contribution is 5.04. The Morgan fingerprint density at radius 1 is 0.778 bits per heavy atom. The minimum atomic E-state index is -0.558. The summed E-state index contributed by atoms with van der Waals surface area (Å²) < 4.78 is 26.2. The highest BCUT2D eigenvalue weighted by Crippen LogP contribution is 2.48. The molecule has 2 spiro atoms. The summed E-state index contributed by atoms with van der Waals surface area (Å²) >= 11 is 0. The molecule has 4 fully saturated rings. The van der Waals surface area contributed by atoms with Gasteiger partial charge in [0.05, 0.1) is 45.6 Å². The maximum absolute atomic E-state index is 6.83. The molecule has 0 aliphatic carbocycles. The average Bonchev–Trinajstić information content (AvgIpc) is 3.40. The summed E-state index contributed by atoms with van der Waals surface area (Å²) in [7, 11) is 0. The van der Waals surface area contributed by atoms with E-state index >= 15 is 0 Å². The first-order valence-electron chi connectivity index (χ1n) is 14.2. The Kier molecular flexibility index (Phi) is 7.29. The standard InChI is InChI=1S/C29H55N3O4/c1-21(2)30-16-28(34-19-26(9,10)20-35-28)14-23(30)27(11,12)13-22-15-33-29(36-22)17-31(24(3,4)5)32(18-29)25(6,7)8/h21-23H,13-20H2,1-12H3. The van der Waals surface area contributed by atoms with Crippen LogP contribution in [0.5, 0.6) is 0 Å². The van der Waals surface area contributed by atoms with E-state index in [4.69, 9.17) is 18.9 Å². The highest BCUT2D eigenvalue weighted by atomic mass is 16.8. The maximum atomic E-state index is 6.83. The van der Waals surface area contributed by atoms with Crippen LogP contribution in [-0.4, -0.2) is 95.2 Å². The Hall–Kier alpha value is -0.280. The summed E-state index contributed by atoms with van der Waals surface area (Å²) in [5, 5.41) is 4.89. The van der Waals surface area contributed by atoms with Gasteiger partial charge in [0.2, 0.25) is 0 Å². The fraction of sp³-hybridized carbons (Fsp3) is 1.00. The Bertz CT molecular complexity index is 765. The average molecular weight is 510 g/mol. The van der Waals surface area contributed by atoms with Crippen LogP contribution in [0, 0.1) is 10.8 Å². The smallest absolute Gasteiger partial charge is 0.197 e. The van der Waals surface area contributed by atoms with Gasteiger partial charge in [-0.15, -0.1) is 0 Å². The second-order valence-corrected chi connectivity index (χ2v) is 15.7. The zero-order chi connectivity index (χ0) is 26.9. The first kappa shape index (κ1) is 28.7. The Balaban J connectivity index is 1.46. The van der Waals surface area contributed by atoms with Gasteiger partial charge in [-0.2, -0.15) is 0 Å². The van der Waals surface area contributed by atoms with Gasteiger partial charge in [-0.3, -0.25) is 4.90 Å². The van der Waals surface area contributed by atoms with Crippen LogP contribution in [0.2, 0.25) is 0 Å². The van der Waals surface area contributed by atoms with E-state index in [2.05, 4.69) is 98.0 Å². The number of hydrazine groups is 1. The van der Waals surface area contributed by atoms with Gasteiger partial charge in [0.1, 0.15) is 0 Å². The topological polar surface area (TPSA) is 46.6 Å². The molecular weight excluding hydrogens is 454 g/mol. The molecule has 2 atom stereocenters. The largest absolute Gasteiger partial charge is 0.348 e. The number of likely N-dealkylation sites (tertiary alicyclic amines) is 1. The van der Waals surface area contributed by atoms with Crippen LogP contribution >= 0.6 is 0 Å². The lowest BCUT2D eigenvalue weighted by molar-refractivity contribution is -0.291. The molecule has 4 rings (SSSR count). The van der Waals surface area contributed by atoms with E-state index in [1.165, 1.54) is 0 Å². The van der Waals surface area contributed by atoms with Crippen LogP contribution < -0.4 is 0 Å². The third-order valence-electron chi connectivity index (χ3n) is 8.63. The van der Waals surface area contributed by atoms with Crippen molar-refractivity contribution in [3.8, 4) is 0 Å². The molecular formula is C29H55N3O4. The van der Waals surface area contributed by atoms with Crippen molar-refractivity contribution in [2.24, 2.45) is 10.8 Å². The highest BCUT2D eigenvalue weighted by Gasteiger charge is 2.58. The molecule has 0 bridgehead atoms. The molecule has 4 saturated heterocycles. The predicted octanol–water partition coefficient (Wildman–Crippen LogP) is 4.90. The van der Waals surface area contributed by atoms with E-state index in [1.807, 2.05) is 0 Å². The Labute approximate surface area is 221 Å². The zero-order valence-corrected chi connectivity index (χ0v) is 25.4. The van der Waals surface area contributed by atoms with E-state index in [9.17, 15) is 0 Å². The molecule has 210 valence electrons. The van der Waals surface area contributed by atoms with Crippen LogP contribution in [0.1, 0.15) is 95.9 Å². The summed E-state index contributed by atoms with van der Waals surface area (Å²) in [5.41, 5.74) is 0.115. The minimum absolute atomic E-state index is 0.00531. The summed E-state index contributed by atoms with van der Waals surface area (Å²) in [6, 6.07) is 0.790. The third kappa shape index (κ3) is 5.68. The van der Waals surface area contributed by atoms with Crippen LogP contribution in [0.15, 0.2) is 0 Å². The second kappa shape index (κ2) is 9.14. The van der Waals surface area contributed by atoms with Crippen molar-refractivity contribution >= 4 is 0 Å². The van der Waals surface area contributed by atoms with Gasteiger partial charge in [-0.25, -0.2) is 10.0 Å². The van der Waals surface area contributed by atoms with Crippen molar-refractivity contribution in [2.45, 2.75) is 137 Å². The molecule has 0 amide bonds. The van der Waals surface area contributed by atoms with Crippen molar-refractivity contribution < 1.29 is 18.9 Å². The molecule has 2 unspecified atom stereocenters. The number of nitrogens with zero attached hydrogens (tertiary/aromatic N) is 3. The lowest BCUT2D eigenvalue weighted by Gasteiger charge is -2.44. The fourth-order valence-corrected chi connectivity index (χ4v) is 6.56. The fourth-order valence-electron chi connectivity index (χ4n) is 6.56. The van der Waals surface area contributed by atoms with Gasteiger partial charge in [-0.1, -0.05) is 27.7 Å². The molecule has 0 aromatic rings. The van der Waals surface area contributed by atoms with E-state index < -0.39 is 11.6 Å². The van der Waals surface area contributed by atoms with Gasteiger partial charge < -0.3 is 18.9 Å². The van der Waals surface area contributed by atoms with Gasteiger partial charge in [0.15, 0.2) is 11.6 Å². The van der Waals surface area contributed by atoms with Crippen molar-refractivity contribution in [3.63, 3.8) is 0 Å². The van der Waals surface area contributed by atoms with Gasteiger partial charge >= 0.3 is 0 Å². The van der Waals surface area contributed by atoms with Crippen LogP contribution in [0.4, 0.5) is 0 Å². The molecule has 0 aromatic heterocycles. The quantitative estimate of drug-likeness (QED) is 0.534. The summed E-state index contributed by atoms with van der Waals surface area (Å²) in [6.07, 6.45) is 1.94. The van der Waals surface area contributed by atoms with E-state index in [0.29, 0.717) is 18.7 Å². The van der Waals surface area contributed by atoms with Crippen molar-refractivity contribution in [1.82, 2.24) is 14.9 Å². The first-order valence-corrected chi connectivity index (χ1v) is 14.2. The van der Waals surface area contributed by atoms with Crippen molar-refractivity contribution in [3.05, 3.63) is 0 Å². The summed E-state index contributed by atoms with van der Waals surface area (Å²) in [4.78, 5) is 2.60. The van der Waals surface area contributed by atoms with Crippen LogP contribution in [0.3, 0.4) is 0 Å².